The fourth-order valence-electron chi connectivity index (χ4n) is 1.24. The first kappa shape index (κ1) is 10.4. The SMILES string of the molecule is O=C(O)C1CN(CC[B-](F)(F)F)C1. The van der Waals surface area contributed by atoms with Crippen molar-refractivity contribution in [3.8, 4) is 0 Å². The Hall–Kier alpha value is -0.715. The number of hydrogen-bond donors (Lipinski definition) is 1. The number of aliphatic carboxylic acids is 1. The number of carbonyl (C=O) groups is 1. The molecular formula is C6H10BF3NO2-. The van der Waals surface area contributed by atoms with Gasteiger partial charge in [0.25, 0.3) is 0 Å². The molecule has 1 N–H and O–H groups in total. The molecule has 3 nitrogen and oxygen atoms in total. The lowest BCUT2D eigenvalue weighted by Crippen LogP contribution is -2.51. The Labute approximate surface area is 73.6 Å². The number of likely N-dealkylation sites (tertiary alicyclic amines) is 1. The third kappa shape index (κ3) is 3.26. The molecule has 76 valence electrons. The molecule has 1 saturated heterocycles. The molecule has 7 heteroatoms. The lowest BCUT2D eigenvalue weighted by atomic mass is 9.85. The van der Waals surface area contributed by atoms with E-state index in [1.165, 1.54) is 4.90 Å². The van der Waals surface area contributed by atoms with Gasteiger partial charge < -0.3 is 23.0 Å². The van der Waals surface area contributed by atoms with Crippen LogP contribution >= 0.6 is 0 Å². The third-order valence-electron chi connectivity index (χ3n) is 2.08. The minimum Gasteiger partial charge on any atom is -0.481 e. The number of nitrogens with zero attached hydrogens (tertiary/aromatic N) is 1. The van der Waals surface area contributed by atoms with Gasteiger partial charge in [-0.3, -0.25) is 4.79 Å². The van der Waals surface area contributed by atoms with Crippen LogP contribution in [0.2, 0.25) is 6.32 Å². The molecule has 0 radical (unpaired) electrons. The summed E-state index contributed by atoms with van der Waals surface area (Å²) in [5.74, 6) is -1.39. The molecule has 1 heterocycles. The van der Waals surface area contributed by atoms with Gasteiger partial charge in [-0.05, 0) is 6.54 Å². The molecule has 0 aromatic rings. The molecule has 0 bridgehead atoms. The zero-order valence-corrected chi connectivity index (χ0v) is 6.92. The van der Waals surface area contributed by atoms with E-state index in [2.05, 4.69) is 0 Å². The highest BCUT2D eigenvalue weighted by atomic mass is 19.4. The Bertz CT molecular complexity index is 203. The maximum atomic E-state index is 11.8. The van der Waals surface area contributed by atoms with Gasteiger partial charge in [-0.25, -0.2) is 0 Å². The number of carboxylic acids is 1. The predicted octanol–water partition coefficient (Wildman–Crippen LogP) is 0.850. The topological polar surface area (TPSA) is 40.5 Å². The minimum absolute atomic E-state index is 0.0622. The summed E-state index contributed by atoms with van der Waals surface area (Å²) in [5, 5.41) is 8.43. The quantitative estimate of drug-likeness (QED) is 0.677. The highest BCUT2D eigenvalue weighted by Crippen LogP contribution is 2.20. The smallest absolute Gasteiger partial charge is 0.479 e. The standard InChI is InChI=1S/C6H10BF3NO2/c8-7(9,10)1-2-11-3-5(4-11)6(12)13/h5H,1-4H2,(H,12,13)/q-1. The molecule has 13 heavy (non-hydrogen) atoms. The predicted molar refractivity (Wildman–Crippen MR) is 41.5 cm³/mol. The van der Waals surface area contributed by atoms with Gasteiger partial charge in [-0.2, -0.15) is 0 Å². The molecule has 0 aromatic carbocycles. The highest BCUT2D eigenvalue weighted by Gasteiger charge is 2.33. The molecule has 0 amide bonds. The van der Waals surface area contributed by atoms with E-state index in [1.807, 2.05) is 0 Å². The maximum absolute atomic E-state index is 11.8. The third-order valence-corrected chi connectivity index (χ3v) is 2.08. The molecular weight excluding hydrogens is 186 g/mol. The molecule has 0 aliphatic carbocycles. The first-order chi connectivity index (χ1) is 5.88. The largest absolute Gasteiger partial charge is 0.481 e. The van der Waals surface area contributed by atoms with E-state index in [4.69, 9.17) is 5.11 Å². The summed E-state index contributed by atoms with van der Waals surface area (Å²) in [4.78, 5) is 11.8. The number of carboxylic acid groups (broad SMARTS) is 1. The van der Waals surface area contributed by atoms with Crippen LogP contribution in [0.15, 0.2) is 0 Å². The molecule has 0 atom stereocenters. The molecule has 0 aromatic heterocycles. The van der Waals surface area contributed by atoms with Crippen molar-refractivity contribution in [1.82, 2.24) is 4.90 Å². The van der Waals surface area contributed by atoms with E-state index in [1.54, 1.807) is 0 Å². The van der Waals surface area contributed by atoms with Crippen LogP contribution in [0.25, 0.3) is 0 Å². The zero-order valence-electron chi connectivity index (χ0n) is 6.92. The second kappa shape index (κ2) is 3.57. The van der Waals surface area contributed by atoms with Crippen LogP contribution in [0, 0.1) is 5.92 Å². The van der Waals surface area contributed by atoms with Crippen molar-refractivity contribution in [2.75, 3.05) is 19.6 Å². The molecule has 1 rings (SSSR count). The van der Waals surface area contributed by atoms with Crippen LogP contribution in [-0.2, 0) is 4.79 Å². The van der Waals surface area contributed by atoms with Gasteiger partial charge in [0.2, 0.25) is 0 Å². The highest BCUT2D eigenvalue weighted by molar-refractivity contribution is 6.58. The molecule has 1 aliphatic rings. The Balaban J connectivity index is 2.12. The van der Waals surface area contributed by atoms with Gasteiger partial charge in [0.05, 0.1) is 5.92 Å². The summed E-state index contributed by atoms with van der Waals surface area (Å²) in [5.41, 5.74) is 0. The summed E-state index contributed by atoms with van der Waals surface area (Å²) < 4.78 is 35.3. The average molecular weight is 196 g/mol. The van der Waals surface area contributed by atoms with E-state index in [9.17, 15) is 17.7 Å². The van der Waals surface area contributed by atoms with Crippen molar-refractivity contribution >= 4 is 12.9 Å². The fourth-order valence-corrected chi connectivity index (χ4v) is 1.24. The van der Waals surface area contributed by atoms with Crippen molar-refractivity contribution < 1.29 is 22.8 Å². The van der Waals surface area contributed by atoms with Crippen molar-refractivity contribution in [3.05, 3.63) is 0 Å². The van der Waals surface area contributed by atoms with E-state index >= 15 is 0 Å². The van der Waals surface area contributed by atoms with E-state index < -0.39 is 25.2 Å². The van der Waals surface area contributed by atoms with E-state index in [0.717, 1.165) is 0 Å². The molecule has 1 aliphatic heterocycles. The fraction of sp³-hybridized carbons (Fsp3) is 0.833. The van der Waals surface area contributed by atoms with Crippen LogP contribution in [0.4, 0.5) is 12.9 Å². The monoisotopic (exact) mass is 196 g/mol. The Morgan fingerprint density at radius 2 is 2.00 bits per heavy atom. The summed E-state index contributed by atoms with van der Waals surface area (Å²) in [6.07, 6.45) is -0.799. The van der Waals surface area contributed by atoms with Gasteiger partial charge in [-0.15, -0.1) is 0 Å². The number of rotatable bonds is 4. The van der Waals surface area contributed by atoms with E-state index in [-0.39, 0.29) is 19.6 Å². The van der Waals surface area contributed by atoms with Gasteiger partial charge >= 0.3 is 12.9 Å². The Kier molecular flexibility index (Phi) is 2.85. The number of hydrogen-bond acceptors (Lipinski definition) is 2. The number of halogens is 3. The van der Waals surface area contributed by atoms with E-state index in [0.29, 0.717) is 0 Å². The van der Waals surface area contributed by atoms with Gasteiger partial charge in [0, 0.05) is 13.1 Å². The van der Waals surface area contributed by atoms with Crippen LogP contribution in [0.3, 0.4) is 0 Å². The van der Waals surface area contributed by atoms with Gasteiger partial charge in [0.15, 0.2) is 0 Å². The van der Waals surface area contributed by atoms with Gasteiger partial charge in [0.1, 0.15) is 0 Å². The lowest BCUT2D eigenvalue weighted by molar-refractivity contribution is -0.147. The van der Waals surface area contributed by atoms with Crippen LogP contribution in [0.1, 0.15) is 0 Å². The lowest BCUT2D eigenvalue weighted by Gasteiger charge is -2.37. The summed E-state index contributed by atoms with van der Waals surface area (Å²) in [6, 6.07) is 0. The van der Waals surface area contributed by atoms with Crippen LogP contribution in [0.5, 0.6) is 0 Å². The summed E-state index contributed by atoms with van der Waals surface area (Å²) in [6.45, 7) is -4.29. The Morgan fingerprint density at radius 3 is 2.38 bits per heavy atom. The van der Waals surface area contributed by atoms with Crippen LogP contribution < -0.4 is 0 Å². The second-order valence-corrected chi connectivity index (χ2v) is 3.29. The molecule has 0 spiro atoms. The normalized spacial score (nSPS) is 19.9. The van der Waals surface area contributed by atoms with Crippen molar-refractivity contribution in [2.45, 2.75) is 6.32 Å². The average Bonchev–Trinajstić information content (AvgIpc) is 1.79. The minimum atomic E-state index is -4.73. The van der Waals surface area contributed by atoms with Crippen molar-refractivity contribution in [2.24, 2.45) is 5.92 Å². The molecule has 1 fully saturated rings. The van der Waals surface area contributed by atoms with Crippen molar-refractivity contribution in [1.29, 1.82) is 0 Å². The summed E-state index contributed by atoms with van der Waals surface area (Å²) in [7, 11) is 0. The zero-order chi connectivity index (χ0) is 10.1. The first-order valence-corrected chi connectivity index (χ1v) is 4.04. The molecule has 0 saturated carbocycles. The first-order valence-electron chi connectivity index (χ1n) is 4.04. The second-order valence-electron chi connectivity index (χ2n) is 3.29. The van der Waals surface area contributed by atoms with Gasteiger partial charge in [-0.1, -0.05) is 6.32 Å². The molecule has 0 unspecified atom stereocenters. The Morgan fingerprint density at radius 1 is 1.46 bits per heavy atom. The summed E-state index contributed by atoms with van der Waals surface area (Å²) >= 11 is 0. The van der Waals surface area contributed by atoms with Crippen LogP contribution in [-0.4, -0.2) is 42.6 Å². The van der Waals surface area contributed by atoms with Crippen molar-refractivity contribution in [3.63, 3.8) is 0 Å². The maximum Gasteiger partial charge on any atom is 0.479 e.